The van der Waals surface area contributed by atoms with Crippen molar-refractivity contribution < 1.29 is 9.53 Å². The molecule has 0 bridgehead atoms. The Hall–Kier alpha value is -1.07. The number of carbonyl (C=O) groups excluding carboxylic acids is 1. The number of amides is 1. The molecule has 0 aliphatic carbocycles. The monoisotopic (exact) mass is 314 g/mol. The summed E-state index contributed by atoms with van der Waals surface area (Å²) in [6, 6.07) is 5.17. The van der Waals surface area contributed by atoms with Gasteiger partial charge in [-0.3, -0.25) is 4.79 Å². The van der Waals surface area contributed by atoms with E-state index in [1.807, 2.05) is 0 Å². The van der Waals surface area contributed by atoms with Gasteiger partial charge in [0.1, 0.15) is 0 Å². The van der Waals surface area contributed by atoms with Crippen LogP contribution in [0.3, 0.4) is 0 Å². The highest BCUT2D eigenvalue weighted by Crippen LogP contribution is 2.17. The van der Waals surface area contributed by atoms with Gasteiger partial charge >= 0.3 is 0 Å². The maximum absolute atomic E-state index is 11.8. The highest BCUT2D eigenvalue weighted by atomic mass is 79.9. The number of anilines is 1. The molecule has 1 aromatic carbocycles. The van der Waals surface area contributed by atoms with Gasteiger partial charge in [-0.15, -0.1) is 0 Å². The predicted octanol–water partition coefficient (Wildman–Crippen LogP) is 2.58. The zero-order chi connectivity index (χ0) is 13.4. The van der Waals surface area contributed by atoms with E-state index in [9.17, 15) is 4.79 Å². The molecule has 5 heteroatoms. The molecule has 4 nitrogen and oxygen atoms in total. The van der Waals surface area contributed by atoms with Crippen molar-refractivity contribution in [2.75, 3.05) is 25.5 Å². The van der Waals surface area contributed by atoms with E-state index >= 15 is 0 Å². The Labute approximate surface area is 116 Å². The first kappa shape index (κ1) is 15.0. The van der Waals surface area contributed by atoms with E-state index in [2.05, 4.69) is 28.2 Å². The SMILES string of the molecule is CCCOCCCNC(=O)c1cc(N)cc(Br)c1. The summed E-state index contributed by atoms with van der Waals surface area (Å²) in [5, 5.41) is 2.83. The summed E-state index contributed by atoms with van der Waals surface area (Å²) in [4.78, 5) is 11.8. The normalized spacial score (nSPS) is 10.3. The number of nitrogens with one attached hydrogen (secondary N) is 1. The van der Waals surface area contributed by atoms with Gasteiger partial charge in [-0.2, -0.15) is 0 Å². The smallest absolute Gasteiger partial charge is 0.251 e. The Morgan fingerprint density at radius 2 is 2.17 bits per heavy atom. The lowest BCUT2D eigenvalue weighted by Gasteiger charge is -2.07. The molecule has 1 rings (SSSR count). The van der Waals surface area contributed by atoms with Crippen molar-refractivity contribution in [3.05, 3.63) is 28.2 Å². The minimum Gasteiger partial charge on any atom is -0.399 e. The fraction of sp³-hybridized carbons (Fsp3) is 0.462. The summed E-state index contributed by atoms with van der Waals surface area (Å²) >= 11 is 3.31. The first-order valence-electron chi connectivity index (χ1n) is 6.05. The van der Waals surface area contributed by atoms with Gasteiger partial charge < -0.3 is 15.8 Å². The average molecular weight is 315 g/mol. The molecular weight excluding hydrogens is 296 g/mol. The minimum absolute atomic E-state index is 0.113. The van der Waals surface area contributed by atoms with Crippen LogP contribution in [0.2, 0.25) is 0 Å². The molecule has 0 fully saturated rings. The maximum atomic E-state index is 11.8. The Morgan fingerprint density at radius 1 is 1.39 bits per heavy atom. The second-order valence-electron chi connectivity index (χ2n) is 4.00. The third kappa shape index (κ3) is 5.51. The zero-order valence-corrected chi connectivity index (χ0v) is 12.1. The quantitative estimate of drug-likeness (QED) is 0.600. The molecule has 0 aliphatic rings. The van der Waals surface area contributed by atoms with Crippen molar-refractivity contribution in [1.29, 1.82) is 0 Å². The first-order chi connectivity index (χ1) is 8.63. The Bertz CT molecular complexity index is 376. The van der Waals surface area contributed by atoms with Gasteiger partial charge in [-0.1, -0.05) is 22.9 Å². The molecule has 100 valence electrons. The van der Waals surface area contributed by atoms with Crippen molar-refractivity contribution in [2.24, 2.45) is 0 Å². The van der Waals surface area contributed by atoms with Gasteiger partial charge in [-0.25, -0.2) is 0 Å². The van der Waals surface area contributed by atoms with Crippen LogP contribution in [0.4, 0.5) is 5.69 Å². The van der Waals surface area contributed by atoms with E-state index in [1.54, 1.807) is 18.2 Å². The largest absolute Gasteiger partial charge is 0.399 e. The van der Waals surface area contributed by atoms with Crippen LogP contribution in [0.25, 0.3) is 0 Å². The Kier molecular flexibility index (Phi) is 6.75. The summed E-state index contributed by atoms with van der Waals surface area (Å²) in [5.74, 6) is -0.113. The molecule has 0 heterocycles. The second-order valence-corrected chi connectivity index (χ2v) is 4.91. The van der Waals surface area contributed by atoms with Gasteiger partial charge in [-0.05, 0) is 31.0 Å². The number of benzene rings is 1. The standard InChI is InChI=1S/C13H19BrN2O2/c1-2-5-18-6-3-4-16-13(17)10-7-11(14)9-12(15)8-10/h7-9H,2-6,15H2,1H3,(H,16,17). The van der Waals surface area contributed by atoms with E-state index in [-0.39, 0.29) is 5.91 Å². The van der Waals surface area contributed by atoms with E-state index < -0.39 is 0 Å². The highest BCUT2D eigenvalue weighted by molar-refractivity contribution is 9.10. The van der Waals surface area contributed by atoms with Crippen LogP contribution < -0.4 is 11.1 Å². The van der Waals surface area contributed by atoms with Crippen molar-refractivity contribution in [3.63, 3.8) is 0 Å². The third-order valence-electron chi connectivity index (χ3n) is 2.28. The molecule has 0 spiro atoms. The van der Waals surface area contributed by atoms with Crippen molar-refractivity contribution in [2.45, 2.75) is 19.8 Å². The molecule has 0 saturated carbocycles. The molecular formula is C13H19BrN2O2. The number of nitrogens with two attached hydrogens (primary N) is 1. The summed E-state index contributed by atoms with van der Waals surface area (Å²) in [7, 11) is 0. The summed E-state index contributed by atoms with van der Waals surface area (Å²) in [5.41, 5.74) is 6.81. The highest BCUT2D eigenvalue weighted by Gasteiger charge is 2.06. The summed E-state index contributed by atoms with van der Waals surface area (Å²) in [6.07, 6.45) is 1.83. The van der Waals surface area contributed by atoms with E-state index in [0.717, 1.165) is 23.9 Å². The van der Waals surface area contributed by atoms with Crippen molar-refractivity contribution in [3.8, 4) is 0 Å². The zero-order valence-electron chi connectivity index (χ0n) is 10.5. The van der Waals surface area contributed by atoms with Gasteiger partial charge in [0.15, 0.2) is 0 Å². The van der Waals surface area contributed by atoms with E-state index in [4.69, 9.17) is 10.5 Å². The Balaban J connectivity index is 2.32. The first-order valence-corrected chi connectivity index (χ1v) is 6.84. The third-order valence-corrected chi connectivity index (χ3v) is 2.74. The average Bonchev–Trinajstić information content (AvgIpc) is 2.32. The predicted molar refractivity (Wildman–Crippen MR) is 76.6 cm³/mol. The van der Waals surface area contributed by atoms with Crippen LogP contribution >= 0.6 is 15.9 Å². The van der Waals surface area contributed by atoms with Crippen LogP contribution in [-0.2, 0) is 4.74 Å². The lowest BCUT2D eigenvalue weighted by molar-refractivity contribution is 0.0941. The Morgan fingerprint density at radius 3 is 2.83 bits per heavy atom. The van der Waals surface area contributed by atoms with Crippen molar-refractivity contribution >= 4 is 27.5 Å². The topological polar surface area (TPSA) is 64.3 Å². The van der Waals surface area contributed by atoms with Gasteiger partial charge in [0, 0.05) is 35.5 Å². The number of hydrogen-bond donors (Lipinski definition) is 2. The lowest BCUT2D eigenvalue weighted by Crippen LogP contribution is -2.25. The van der Waals surface area contributed by atoms with Crippen LogP contribution in [0.15, 0.2) is 22.7 Å². The number of rotatable bonds is 7. The molecule has 3 N–H and O–H groups in total. The number of halogens is 1. The minimum atomic E-state index is -0.113. The van der Waals surface area contributed by atoms with Crippen LogP contribution in [0, 0.1) is 0 Å². The van der Waals surface area contributed by atoms with Crippen LogP contribution in [0.1, 0.15) is 30.1 Å². The fourth-order valence-electron chi connectivity index (χ4n) is 1.47. The molecule has 0 radical (unpaired) electrons. The number of nitrogen functional groups attached to an aromatic ring is 1. The number of ether oxygens (including phenoxy) is 1. The molecule has 0 aliphatic heterocycles. The lowest BCUT2D eigenvalue weighted by atomic mass is 10.2. The molecule has 0 saturated heterocycles. The maximum Gasteiger partial charge on any atom is 0.251 e. The van der Waals surface area contributed by atoms with Crippen LogP contribution in [-0.4, -0.2) is 25.7 Å². The van der Waals surface area contributed by atoms with E-state index in [1.165, 1.54) is 0 Å². The molecule has 18 heavy (non-hydrogen) atoms. The van der Waals surface area contributed by atoms with Crippen molar-refractivity contribution in [1.82, 2.24) is 5.32 Å². The van der Waals surface area contributed by atoms with Crippen LogP contribution in [0.5, 0.6) is 0 Å². The van der Waals surface area contributed by atoms with Gasteiger partial charge in [0.05, 0.1) is 0 Å². The molecule has 0 aromatic heterocycles. The molecule has 1 amide bonds. The molecule has 0 unspecified atom stereocenters. The van der Waals surface area contributed by atoms with Gasteiger partial charge in [0.25, 0.3) is 5.91 Å². The number of carbonyl (C=O) groups is 1. The summed E-state index contributed by atoms with van der Waals surface area (Å²) in [6.45, 7) is 4.12. The fourth-order valence-corrected chi connectivity index (χ4v) is 1.98. The van der Waals surface area contributed by atoms with E-state index in [0.29, 0.717) is 24.4 Å². The summed E-state index contributed by atoms with van der Waals surface area (Å²) < 4.78 is 6.13. The van der Waals surface area contributed by atoms with Gasteiger partial charge in [0.2, 0.25) is 0 Å². The molecule has 0 atom stereocenters. The number of hydrogen-bond acceptors (Lipinski definition) is 3. The molecule has 1 aromatic rings. The second kappa shape index (κ2) is 8.11.